The summed E-state index contributed by atoms with van der Waals surface area (Å²) < 4.78 is 4.84. The molecule has 0 saturated carbocycles. The van der Waals surface area contributed by atoms with E-state index in [4.69, 9.17) is 4.74 Å². The fourth-order valence-corrected chi connectivity index (χ4v) is 4.27. The van der Waals surface area contributed by atoms with Gasteiger partial charge >= 0.3 is 5.97 Å². The lowest BCUT2D eigenvalue weighted by molar-refractivity contribution is -0.118. The number of esters is 1. The summed E-state index contributed by atoms with van der Waals surface area (Å²) >= 11 is 1.35. The molecule has 1 aromatic heterocycles. The predicted molar refractivity (Wildman–Crippen MR) is 106 cm³/mol. The summed E-state index contributed by atoms with van der Waals surface area (Å²) in [5.41, 5.74) is 3.56. The molecular weight excluding hydrogens is 364 g/mol. The number of anilines is 2. The Balaban J connectivity index is 1.86. The molecule has 7 heteroatoms. The Hall–Kier alpha value is -2.67. The molecule has 142 valence electrons. The Bertz CT molecular complexity index is 932. The number of aryl methyl sites for hydroxylation is 1. The third kappa shape index (κ3) is 3.47. The van der Waals surface area contributed by atoms with Crippen LogP contribution in [0.25, 0.3) is 0 Å². The van der Waals surface area contributed by atoms with Gasteiger partial charge in [-0.3, -0.25) is 9.59 Å². The van der Waals surface area contributed by atoms with E-state index in [9.17, 15) is 14.4 Å². The van der Waals surface area contributed by atoms with Crippen LogP contribution < -0.4 is 10.2 Å². The third-order valence-electron chi connectivity index (χ3n) is 4.84. The molecule has 0 fully saturated rings. The first-order valence-electron chi connectivity index (χ1n) is 8.80. The maximum Gasteiger partial charge on any atom is 0.341 e. The molecule has 2 aromatic rings. The average molecular weight is 386 g/mol. The standard InChI is InChI=1S/C20H22N2O4S/c1-5-16(23)22-9-8-13-10-14(6-7-15(13)22)18(24)21-19-17(20(25)26-4)11(2)12(3)27-19/h6-7,10H,5,8-9H2,1-4H3,(H,21,24). The van der Waals surface area contributed by atoms with E-state index in [0.717, 1.165) is 28.1 Å². The first-order valence-corrected chi connectivity index (χ1v) is 9.62. The number of thiophene rings is 1. The Morgan fingerprint density at radius 3 is 2.67 bits per heavy atom. The van der Waals surface area contributed by atoms with Gasteiger partial charge in [0.15, 0.2) is 0 Å². The summed E-state index contributed by atoms with van der Waals surface area (Å²) in [5.74, 6) is -0.669. The van der Waals surface area contributed by atoms with Gasteiger partial charge in [-0.1, -0.05) is 6.92 Å². The van der Waals surface area contributed by atoms with Crippen molar-refractivity contribution in [1.29, 1.82) is 0 Å². The number of ether oxygens (including phenoxy) is 1. The Kier molecular flexibility index (Phi) is 5.32. The van der Waals surface area contributed by atoms with Crippen LogP contribution in [0.1, 0.15) is 50.1 Å². The molecule has 1 aromatic carbocycles. The number of hydrogen-bond donors (Lipinski definition) is 1. The lowest BCUT2D eigenvalue weighted by Crippen LogP contribution is -2.27. The Morgan fingerprint density at radius 1 is 1.26 bits per heavy atom. The van der Waals surface area contributed by atoms with Gasteiger partial charge in [0.05, 0.1) is 12.7 Å². The van der Waals surface area contributed by atoms with E-state index in [1.807, 2.05) is 32.9 Å². The number of amides is 2. The van der Waals surface area contributed by atoms with Crippen molar-refractivity contribution in [2.45, 2.75) is 33.6 Å². The van der Waals surface area contributed by atoms with Crippen molar-refractivity contribution < 1.29 is 19.1 Å². The van der Waals surface area contributed by atoms with Crippen molar-refractivity contribution >= 4 is 39.8 Å². The highest BCUT2D eigenvalue weighted by atomic mass is 32.1. The molecule has 0 spiro atoms. The van der Waals surface area contributed by atoms with Gasteiger partial charge in [-0.2, -0.15) is 0 Å². The summed E-state index contributed by atoms with van der Waals surface area (Å²) in [4.78, 5) is 39.5. The monoisotopic (exact) mass is 386 g/mol. The van der Waals surface area contributed by atoms with Crippen LogP contribution in [0, 0.1) is 13.8 Å². The number of rotatable bonds is 4. The van der Waals surface area contributed by atoms with Gasteiger partial charge in [-0.25, -0.2) is 4.79 Å². The largest absolute Gasteiger partial charge is 0.465 e. The fourth-order valence-electron chi connectivity index (χ4n) is 3.23. The minimum Gasteiger partial charge on any atom is -0.465 e. The zero-order chi connectivity index (χ0) is 19.7. The number of carbonyl (C=O) groups is 3. The van der Waals surface area contributed by atoms with Crippen molar-refractivity contribution in [1.82, 2.24) is 0 Å². The zero-order valence-corrected chi connectivity index (χ0v) is 16.7. The van der Waals surface area contributed by atoms with E-state index in [1.165, 1.54) is 18.4 Å². The molecule has 0 saturated heterocycles. The van der Waals surface area contributed by atoms with E-state index in [2.05, 4.69) is 5.32 Å². The molecule has 0 radical (unpaired) electrons. The molecule has 27 heavy (non-hydrogen) atoms. The number of nitrogens with one attached hydrogen (secondary N) is 1. The fraction of sp³-hybridized carbons (Fsp3) is 0.350. The van der Waals surface area contributed by atoms with Gasteiger partial charge in [0.2, 0.25) is 5.91 Å². The van der Waals surface area contributed by atoms with Gasteiger partial charge < -0.3 is 15.0 Å². The van der Waals surface area contributed by atoms with Gasteiger partial charge in [0, 0.05) is 29.1 Å². The minimum absolute atomic E-state index is 0.0817. The number of methoxy groups -OCH3 is 1. The molecule has 2 heterocycles. The van der Waals surface area contributed by atoms with Crippen LogP contribution in [-0.4, -0.2) is 31.4 Å². The molecule has 0 atom stereocenters. The predicted octanol–water partition coefficient (Wildman–Crippen LogP) is 3.70. The van der Waals surface area contributed by atoms with Gasteiger partial charge in [0.25, 0.3) is 5.91 Å². The molecule has 0 unspecified atom stereocenters. The highest BCUT2D eigenvalue weighted by Gasteiger charge is 2.26. The third-order valence-corrected chi connectivity index (χ3v) is 5.97. The maximum atomic E-state index is 12.7. The van der Waals surface area contributed by atoms with Gasteiger partial charge in [-0.05, 0) is 49.6 Å². The van der Waals surface area contributed by atoms with Crippen LogP contribution in [0.4, 0.5) is 10.7 Å². The van der Waals surface area contributed by atoms with Crippen LogP contribution in [0.3, 0.4) is 0 Å². The Labute approximate surface area is 162 Å². The highest BCUT2D eigenvalue weighted by molar-refractivity contribution is 7.16. The second-order valence-electron chi connectivity index (χ2n) is 6.43. The van der Waals surface area contributed by atoms with Gasteiger partial charge in [-0.15, -0.1) is 11.3 Å². The molecule has 1 aliphatic heterocycles. The molecule has 1 aliphatic rings. The van der Waals surface area contributed by atoms with E-state index in [1.54, 1.807) is 11.0 Å². The number of carbonyl (C=O) groups excluding carboxylic acids is 3. The van der Waals surface area contributed by atoms with Crippen molar-refractivity contribution in [3.63, 3.8) is 0 Å². The normalized spacial score (nSPS) is 12.7. The quantitative estimate of drug-likeness (QED) is 0.813. The van der Waals surface area contributed by atoms with E-state index >= 15 is 0 Å². The number of fused-ring (bicyclic) bond motifs is 1. The van der Waals surface area contributed by atoms with Gasteiger partial charge in [0.1, 0.15) is 5.00 Å². The molecule has 2 amide bonds. The van der Waals surface area contributed by atoms with Crippen molar-refractivity contribution in [2.24, 2.45) is 0 Å². The summed E-state index contributed by atoms with van der Waals surface area (Å²) in [6.07, 6.45) is 1.18. The maximum absolute atomic E-state index is 12.7. The number of benzene rings is 1. The van der Waals surface area contributed by atoms with Crippen molar-refractivity contribution in [3.8, 4) is 0 Å². The molecule has 0 bridgehead atoms. The van der Waals surface area contributed by atoms with E-state index in [0.29, 0.717) is 29.1 Å². The molecule has 6 nitrogen and oxygen atoms in total. The van der Waals surface area contributed by atoms with E-state index in [-0.39, 0.29) is 11.8 Å². The first-order chi connectivity index (χ1) is 12.9. The smallest absolute Gasteiger partial charge is 0.341 e. The van der Waals surface area contributed by atoms with Crippen LogP contribution in [-0.2, 0) is 16.0 Å². The van der Waals surface area contributed by atoms with Crippen LogP contribution in [0.2, 0.25) is 0 Å². The second kappa shape index (κ2) is 7.52. The zero-order valence-electron chi connectivity index (χ0n) is 15.8. The topological polar surface area (TPSA) is 75.7 Å². The Morgan fingerprint density at radius 2 is 2.00 bits per heavy atom. The summed E-state index contributed by atoms with van der Waals surface area (Å²) in [7, 11) is 1.32. The number of hydrogen-bond acceptors (Lipinski definition) is 5. The van der Waals surface area contributed by atoms with Crippen molar-refractivity contribution in [3.05, 3.63) is 45.3 Å². The summed E-state index contributed by atoms with van der Waals surface area (Å²) in [6, 6.07) is 5.34. The second-order valence-corrected chi connectivity index (χ2v) is 7.65. The highest BCUT2D eigenvalue weighted by Crippen LogP contribution is 2.34. The summed E-state index contributed by atoms with van der Waals surface area (Å²) in [5, 5.41) is 3.33. The summed E-state index contributed by atoms with van der Waals surface area (Å²) in [6.45, 7) is 6.22. The lowest BCUT2D eigenvalue weighted by Gasteiger charge is -2.16. The minimum atomic E-state index is -0.463. The molecule has 3 rings (SSSR count). The van der Waals surface area contributed by atoms with E-state index < -0.39 is 5.97 Å². The van der Waals surface area contributed by atoms with Crippen LogP contribution in [0.15, 0.2) is 18.2 Å². The molecule has 1 N–H and O–H groups in total. The lowest BCUT2D eigenvalue weighted by atomic mass is 10.1. The SMILES string of the molecule is CCC(=O)N1CCc2cc(C(=O)Nc3sc(C)c(C)c3C(=O)OC)ccc21. The average Bonchev–Trinajstić information content (AvgIpc) is 3.21. The van der Waals surface area contributed by atoms with Crippen LogP contribution in [0.5, 0.6) is 0 Å². The first kappa shape index (κ1) is 19.1. The van der Waals surface area contributed by atoms with Crippen molar-refractivity contribution in [2.75, 3.05) is 23.9 Å². The molecule has 0 aliphatic carbocycles. The number of nitrogens with zero attached hydrogens (tertiary/aromatic N) is 1. The molecular formula is C20H22N2O4S. The van der Waals surface area contributed by atoms with Crippen LogP contribution >= 0.6 is 11.3 Å².